The number of anilines is 1. The fourth-order valence-electron chi connectivity index (χ4n) is 3.14. The number of methoxy groups -OCH3 is 2. The van der Waals surface area contributed by atoms with Gasteiger partial charge in [-0.1, -0.05) is 23.8 Å². The molecule has 31 heavy (non-hydrogen) atoms. The van der Waals surface area contributed by atoms with Gasteiger partial charge in [-0.15, -0.1) is 5.10 Å². The van der Waals surface area contributed by atoms with E-state index in [1.807, 2.05) is 55.5 Å². The zero-order valence-electron chi connectivity index (χ0n) is 17.5. The van der Waals surface area contributed by atoms with Crippen molar-refractivity contribution in [1.82, 2.24) is 14.8 Å². The smallest absolute Gasteiger partial charge is 0.295 e. The quantitative estimate of drug-likeness (QED) is 0.502. The lowest BCUT2D eigenvalue weighted by atomic mass is 10.1. The van der Waals surface area contributed by atoms with Crippen LogP contribution in [-0.4, -0.2) is 34.9 Å². The van der Waals surface area contributed by atoms with Gasteiger partial charge in [-0.3, -0.25) is 4.79 Å². The minimum Gasteiger partial charge on any atom is -0.497 e. The van der Waals surface area contributed by atoms with Gasteiger partial charge in [0, 0.05) is 11.3 Å². The minimum atomic E-state index is -0.397. The molecule has 0 saturated heterocycles. The molecule has 0 aliphatic heterocycles. The van der Waals surface area contributed by atoms with E-state index in [4.69, 9.17) is 9.47 Å². The highest BCUT2D eigenvalue weighted by Gasteiger charge is 2.19. The number of ether oxygens (including phenoxy) is 2. The normalized spacial score (nSPS) is 10.5. The van der Waals surface area contributed by atoms with Gasteiger partial charge < -0.3 is 14.8 Å². The molecule has 0 bridgehead atoms. The summed E-state index contributed by atoms with van der Waals surface area (Å²) in [6, 6.07) is 22.4. The number of aromatic nitrogens is 3. The number of hydrogen-bond acceptors (Lipinski definition) is 5. The van der Waals surface area contributed by atoms with E-state index in [1.165, 1.54) is 0 Å². The van der Waals surface area contributed by atoms with E-state index in [9.17, 15) is 4.79 Å². The third kappa shape index (κ3) is 4.40. The second-order valence-electron chi connectivity index (χ2n) is 6.92. The van der Waals surface area contributed by atoms with Crippen LogP contribution in [-0.2, 0) is 0 Å². The van der Waals surface area contributed by atoms with Crippen molar-refractivity contribution in [2.24, 2.45) is 0 Å². The van der Waals surface area contributed by atoms with Crippen LogP contribution in [0.3, 0.4) is 0 Å². The van der Waals surface area contributed by atoms with Crippen LogP contribution in [0, 0.1) is 6.92 Å². The molecule has 0 atom stereocenters. The summed E-state index contributed by atoms with van der Waals surface area (Å²) >= 11 is 0. The Morgan fingerprint density at radius 1 is 0.903 bits per heavy atom. The maximum Gasteiger partial charge on any atom is 0.295 e. The van der Waals surface area contributed by atoms with Crippen molar-refractivity contribution in [2.45, 2.75) is 6.92 Å². The third-order valence-electron chi connectivity index (χ3n) is 4.75. The van der Waals surface area contributed by atoms with Crippen molar-refractivity contribution >= 4 is 11.6 Å². The number of benzene rings is 3. The van der Waals surface area contributed by atoms with E-state index in [1.54, 1.807) is 43.2 Å². The van der Waals surface area contributed by atoms with E-state index in [-0.39, 0.29) is 5.82 Å². The van der Waals surface area contributed by atoms with Crippen LogP contribution in [0.1, 0.15) is 16.2 Å². The maximum atomic E-state index is 12.9. The molecule has 4 rings (SSSR count). The second kappa shape index (κ2) is 8.71. The SMILES string of the molecule is COc1ccc(NC(=O)c2nc(-c3cccc(C)c3)n(-c3ccc(OC)cc3)n2)cc1. The Hall–Kier alpha value is -4.13. The van der Waals surface area contributed by atoms with Gasteiger partial charge in [0.1, 0.15) is 11.5 Å². The van der Waals surface area contributed by atoms with Gasteiger partial charge >= 0.3 is 0 Å². The molecule has 1 amide bonds. The lowest BCUT2D eigenvalue weighted by molar-refractivity contribution is 0.101. The summed E-state index contributed by atoms with van der Waals surface area (Å²) in [6.45, 7) is 2.01. The van der Waals surface area contributed by atoms with Crippen LogP contribution >= 0.6 is 0 Å². The summed E-state index contributed by atoms with van der Waals surface area (Å²) in [4.78, 5) is 17.4. The Morgan fingerprint density at radius 2 is 1.55 bits per heavy atom. The Morgan fingerprint density at radius 3 is 2.16 bits per heavy atom. The van der Waals surface area contributed by atoms with E-state index in [0.29, 0.717) is 17.3 Å². The minimum absolute atomic E-state index is 0.0724. The molecule has 0 saturated carbocycles. The highest BCUT2D eigenvalue weighted by molar-refractivity contribution is 6.01. The van der Waals surface area contributed by atoms with Gasteiger partial charge in [0.2, 0.25) is 5.82 Å². The molecular weight excluding hydrogens is 392 g/mol. The number of hydrogen-bond donors (Lipinski definition) is 1. The number of carbonyl (C=O) groups is 1. The van der Waals surface area contributed by atoms with Crippen LogP contribution < -0.4 is 14.8 Å². The van der Waals surface area contributed by atoms with Crippen molar-refractivity contribution in [3.05, 3.63) is 84.2 Å². The summed E-state index contributed by atoms with van der Waals surface area (Å²) in [6.07, 6.45) is 0. The molecule has 0 spiro atoms. The first-order chi connectivity index (χ1) is 15.1. The highest BCUT2D eigenvalue weighted by atomic mass is 16.5. The molecule has 4 aromatic rings. The topological polar surface area (TPSA) is 78.3 Å². The first-order valence-electron chi connectivity index (χ1n) is 9.71. The van der Waals surface area contributed by atoms with Gasteiger partial charge in [-0.25, -0.2) is 9.67 Å². The monoisotopic (exact) mass is 414 g/mol. The number of rotatable bonds is 6. The maximum absolute atomic E-state index is 12.9. The van der Waals surface area contributed by atoms with Gasteiger partial charge in [0.05, 0.1) is 19.9 Å². The van der Waals surface area contributed by atoms with Crippen LogP contribution in [0.25, 0.3) is 17.1 Å². The summed E-state index contributed by atoms with van der Waals surface area (Å²) < 4.78 is 12.1. The second-order valence-corrected chi connectivity index (χ2v) is 6.92. The highest BCUT2D eigenvalue weighted by Crippen LogP contribution is 2.24. The summed E-state index contributed by atoms with van der Waals surface area (Å²) in [5, 5.41) is 7.33. The first kappa shape index (κ1) is 20.2. The Kier molecular flexibility index (Phi) is 5.66. The Labute approximate surface area is 180 Å². The predicted octanol–water partition coefficient (Wildman–Crippen LogP) is 4.51. The molecule has 156 valence electrons. The fraction of sp³-hybridized carbons (Fsp3) is 0.125. The molecular formula is C24H22N4O3. The molecule has 3 aromatic carbocycles. The predicted molar refractivity (Wildman–Crippen MR) is 119 cm³/mol. The molecule has 1 heterocycles. The van der Waals surface area contributed by atoms with Gasteiger partial charge in [-0.05, 0) is 61.5 Å². The van der Waals surface area contributed by atoms with E-state index >= 15 is 0 Å². The molecule has 0 aliphatic rings. The lowest BCUT2D eigenvalue weighted by Gasteiger charge is -2.07. The molecule has 7 nitrogen and oxygen atoms in total. The third-order valence-corrected chi connectivity index (χ3v) is 4.75. The average molecular weight is 414 g/mol. The van der Waals surface area contributed by atoms with Crippen molar-refractivity contribution in [3.63, 3.8) is 0 Å². The van der Waals surface area contributed by atoms with Crippen LogP contribution in [0.4, 0.5) is 5.69 Å². The lowest BCUT2D eigenvalue weighted by Crippen LogP contribution is -2.14. The Balaban J connectivity index is 1.71. The number of nitrogens with zero attached hydrogens (tertiary/aromatic N) is 3. The molecule has 0 fully saturated rings. The van der Waals surface area contributed by atoms with Crippen molar-refractivity contribution in [1.29, 1.82) is 0 Å². The molecule has 1 aromatic heterocycles. The molecule has 0 aliphatic carbocycles. The Bertz CT molecular complexity index is 1200. The first-order valence-corrected chi connectivity index (χ1v) is 9.71. The average Bonchev–Trinajstić information content (AvgIpc) is 3.25. The van der Waals surface area contributed by atoms with Crippen molar-refractivity contribution < 1.29 is 14.3 Å². The standard InChI is InChI=1S/C24H22N4O3/c1-16-5-4-6-17(15-16)23-26-22(24(29)25-18-7-11-20(30-2)12-8-18)27-28(23)19-9-13-21(31-3)14-10-19/h4-15H,1-3H3,(H,25,29). The number of aryl methyl sites for hydroxylation is 1. The fourth-order valence-corrected chi connectivity index (χ4v) is 3.14. The van der Waals surface area contributed by atoms with E-state index in [2.05, 4.69) is 15.4 Å². The summed E-state index contributed by atoms with van der Waals surface area (Å²) in [5.41, 5.74) is 3.36. The summed E-state index contributed by atoms with van der Waals surface area (Å²) in [5.74, 6) is 1.70. The van der Waals surface area contributed by atoms with Crippen molar-refractivity contribution in [3.8, 4) is 28.6 Å². The van der Waals surface area contributed by atoms with Gasteiger partial charge in [0.15, 0.2) is 5.82 Å². The van der Waals surface area contributed by atoms with Crippen LogP contribution in [0.15, 0.2) is 72.8 Å². The van der Waals surface area contributed by atoms with Crippen LogP contribution in [0.5, 0.6) is 11.5 Å². The summed E-state index contributed by atoms with van der Waals surface area (Å²) in [7, 11) is 3.21. The van der Waals surface area contributed by atoms with Crippen LogP contribution in [0.2, 0.25) is 0 Å². The zero-order valence-corrected chi connectivity index (χ0v) is 17.5. The number of carbonyl (C=O) groups excluding carboxylic acids is 1. The molecule has 0 unspecified atom stereocenters. The molecule has 7 heteroatoms. The molecule has 0 radical (unpaired) electrons. The molecule has 1 N–H and O–H groups in total. The van der Waals surface area contributed by atoms with E-state index in [0.717, 1.165) is 22.6 Å². The number of nitrogens with one attached hydrogen (secondary N) is 1. The zero-order chi connectivity index (χ0) is 21.8. The largest absolute Gasteiger partial charge is 0.497 e. The van der Waals surface area contributed by atoms with Gasteiger partial charge in [-0.2, -0.15) is 0 Å². The van der Waals surface area contributed by atoms with Crippen molar-refractivity contribution in [2.75, 3.05) is 19.5 Å². The van der Waals surface area contributed by atoms with Gasteiger partial charge in [0.25, 0.3) is 5.91 Å². The van der Waals surface area contributed by atoms with E-state index < -0.39 is 5.91 Å². The number of amides is 1.